The first-order chi connectivity index (χ1) is 17.3. The number of carbonyl (C=O) groups is 1. The van der Waals surface area contributed by atoms with Crippen molar-refractivity contribution in [2.75, 3.05) is 48.5 Å². The molecule has 0 atom stereocenters. The highest BCUT2D eigenvalue weighted by atomic mass is 32.2. The van der Waals surface area contributed by atoms with E-state index in [9.17, 15) is 17.6 Å². The zero-order valence-corrected chi connectivity index (χ0v) is 21.2. The van der Waals surface area contributed by atoms with E-state index in [4.69, 9.17) is 4.74 Å². The summed E-state index contributed by atoms with van der Waals surface area (Å²) < 4.78 is 47.1. The lowest BCUT2D eigenvalue weighted by atomic mass is 10.2. The largest absolute Gasteiger partial charge is 0.494 e. The molecular formula is C27H30FN3O4S. The molecule has 0 radical (unpaired) electrons. The summed E-state index contributed by atoms with van der Waals surface area (Å²) in [4.78, 5) is 17.1. The van der Waals surface area contributed by atoms with Crippen molar-refractivity contribution in [3.8, 4) is 5.75 Å². The van der Waals surface area contributed by atoms with E-state index < -0.39 is 10.0 Å². The molecule has 7 nitrogen and oxygen atoms in total. The van der Waals surface area contributed by atoms with Crippen molar-refractivity contribution in [1.29, 1.82) is 0 Å². The number of piperazine rings is 1. The van der Waals surface area contributed by atoms with Crippen LogP contribution < -0.4 is 13.9 Å². The summed E-state index contributed by atoms with van der Waals surface area (Å²) in [6, 6.07) is 19.5. The molecule has 1 fully saturated rings. The number of hydrogen-bond donors (Lipinski definition) is 0. The summed E-state index contributed by atoms with van der Waals surface area (Å²) >= 11 is 0. The third-order valence-corrected chi connectivity index (χ3v) is 7.94. The van der Waals surface area contributed by atoms with Crippen LogP contribution in [0.3, 0.4) is 0 Å². The van der Waals surface area contributed by atoms with E-state index in [0.717, 1.165) is 15.6 Å². The summed E-state index contributed by atoms with van der Waals surface area (Å²) in [6.45, 7) is 5.98. The quantitative estimate of drug-likeness (QED) is 0.456. The van der Waals surface area contributed by atoms with Gasteiger partial charge < -0.3 is 14.5 Å². The minimum absolute atomic E-state index is 0.0838. The molecule has 1 amide bonds. The number of benzene rings is 3. The lowest BCUT2D eigenvalue weighted by molar-refractivity contribution is -0.129. The summed E-state index contributed by atoms with van der Waals surface area (Å²) in [7, 11) is -4.01. The molecule has 0 N–H and O–H groups in total. The Morgan fingerprint density at radius 3 is 2.11 bits per heavy atom. The molecule has 1 heterocycles. The van der Waals surface area contributed by atoms with E-state index in [1.54, 1.807) is 41.3 Å². The molecule has 0 bridgehead atoms. The van der Waals surface area contributed by atoms with Crippen LogP contribution in [0.4, 0.5) is 15.8 Å². The third kappa shape index (κ3) is 5.79. The van der Waals surface area contributed by atoms with Crippen molar-refractivity contribution in [3.63, 3.8) is 0 Å². The predicted molar refractivity (Wildman–Crippen MR) is 139 cm³/mol. The summed E-state index contributed by atoms with van der Waals surface area (Å²) in [5.74, 6) is 0.00906. The number of carbonyl (C=O) groups excluding carboxylic acids is 1. The fourth-order valence-corrected chi connectivity index (χ4v) is 5.53. The van der Waals surface area contributed by atoms with Gasteiger partial charge in [0.15, 0.2) is 0 Å². The van der Waals surface area contributed by atoms with Crippen LogP contribution in [0.25, 0.3) is 0 Å². The van der Waals surface area contributed by atoms with Gasteiger partial charge in [-0.25, -0.2) is 12.8 Å². The highest BCUT2D eigenvalue weighted by Gasteiger charge is 2.30. The highest BCUT2D eigenvalue weighted by Crippen LogP contribution is 2.26. The Balaban J connectivity index is 1.52. The van der Waals surface area contributed by atoms with E-state index in [1.807, 2.05) is 26.0 Å². The van der Waals surface area contributed by atoms with Crippen LogP contribution in [0.15, 0.2) is 77.7 Å². The van der Waals surface area contributed by atoms with Gasteiger partial charge in [0.05, 0.1) is 17.2 Å². The zero-order valence-electron chi connectivity index (χ0n) is 20.4. The molecule has 3 aromatic carbocycles. The number of halogens is 1. The van der Waals surface area contributed by atoms with E-state index in [0.29, 0.717) is 44.2 Å². The molecule has 0 saturated carbocycles. The second-order valence-electron chi connectivity index (χ2n) is 8.60. The smallest absolute Gasteiger partial charge is 0.264 e. The van der Waals surface area contributed by atoms with Gasteiger partial charge in [-0.15, -0.1) is 0 Å². The highest BCUT2D eigenvalue weighted by molar-refractivity contribution is 7.92. The third-order valence-electron chi connectivity index (χ3n) is 6.15. The van der Waals surface area contributed by atoms with Crippen molar-refractivity contribution >= 4 is 27.3 Å². The number of amides is 1. The second kappa shape index (κ2) is 11.0. The van der Waals surface area contributed by atoms with Gasteiger partial charge in [-0.3, -0.25) is 9.10 Å². The standard InChI is InChI=1S/C27H30FN3O4S/c1-3-35-25-12-14-26(15-13-25)36(33,34)31(24-8-4-21(2)5-9-24)20-27(32)30-18-16-29(17-19-30)23-10-6-22(28)7-11-23/h4-15H,3,16-20H2,1-2H3. The SMILES string of the molecule is CCOc1ccc(S(=O)(=O)N(CC(=O)N2CCN(c3ccc(F)cc3)CC2)c2ccc(C)cc2)cc1. The Labute approximate surface area is 211 Å². The molecule has 0 unspecified atom stereocenters. The predicted octanol–water partition coefficient (Wildman–Crippen LogP) is 4.08. The van der Waals surface area contributed by atoms with Crippen LogP contribution in [-0.4, -0.2) is 58.6 Å². The van der Waals surface area contributed by atoms with Crippen molar-refractivity contribution in [3.05, 3.63) is 84.2 Å². The summed E-state index contributed by atoms with van der Waals surface area (Å²) in [5.41, 5.74) is 2.30. The van der Waals surface area contributed by atoms with Gasteiger partial charge in [0.2, 0.25) is 5.91 Å². The maximum absolute atomic E-state index is 13.6. The van der Waals surface area contributed by atoms with Gasteiger partial charge in [-0.2, -0.15) is 0 Å². The maximum atomic E-state index is 13.6. The number of hydrogen-bond acceptors (Lipinski definition) is 5. The minimum atomic E-state index is -4.01. The molecule has 4 rings (SSSR count). The van der Waals surface area contributed by atoms with Crippen LogP contribution in [0.2, 0.25) is 0 Å². The van der Waals surface area contributed by atoms with Crippen LogP contribution in [-0.2, 0) is 14.8 Å². The first-order valence-electron chi connectivity index (χ1n) is 11.9. The first kappa shape index (κ1) is 25.5. The van der Waals surface area contributed by atoms with Gasteiger partial charge in [0, 0.05) is 31.9 Å². The Hall–Kier alpha value is -3.59. The molecule has 0 spiro atoms. The number of ether oxygens (including phenoxy) is 1. The van der Waals surface area contributed by atoms with Crippen molar-refractivity contribution in [2.24, 2.45) is 0 Å². The Kier molecular flexibility index (Phi) is 7.79. The Morgan fingerprint density at radius 2 is 1.53 bits per heavy atom. The van der Waals surface area contributed by atoms with Crippen LogP contribution in [0.5, 0.6) is 5.75 Å². The van der Waals surface area contributed by atoms with Gasteiger partial charge >= 0.3 is 0 Å². The molecule has 0 aliphatic carbocycles. The fourth-order valence-electron chi connectivity index (χ4n) is 4.12. The Morgan fingerprint density at radius 1 is 0.917 bits per heavy atom. The van der Waals surface area contributed by atoms with Gasteiger partial charge in [0.1, 0.15) is 18.1 Å². The van der Waals surface area contributed by atoms with E-state index >= 15 is 0 Å². The molecule has 1 aliphatic rings. The normalized spacial score (nSPS) is 14.0. The van der Waals surface area contributed by atoms with Gasteiger partial charge in [-0.05, 0) is 74.5 Å². The van der Waals surface area contributed by atoms with E-state index in [1.165, 1.54) is 24.3 Å². The first-order valence-corrected chi connectivity index (χ1v) is 13.3. The minimum Gasteiger partial charge on any atom is -0.494 e. The van der Waals surface area contributed by atoms with E-state index in [-0.39, 0.29) is 23.2 Å². The molecule has 1 aliphatic heterocycles. The molecular weight excluding hydrogens is 481 g/mol. The average Bonchev–Trinajstić information content (AvgIpc) is 2.89. The van der Waals surface area contributed by atoms with Crippen LogP contribution in [0.1, 0.15) is 12.5 Å². The number of nitrogens with zero attached hydrogens (tertiary/aromatic N) is 3. The Bertz CT molecular complexity index is 1270. The molecule has 190 valence electrons. The van der Waals surface area contributed by atoms with Crippen molar-refractivity contribution < 1.29 is 22.3 Å². The number of aryl methyl sites for hydroxylation is 1. The fraction of sp³-hybridized carbons (Fsp3) is 0.296. The van der Waals surface area contributed by atoms with Crippen LogP contribution in [0, 0.1) is 12.7 Å². The molecule has 9 heteroatoms. The summed E-state index contributed by atoms with van der Waals surface area (Å²) in [6.07, 6.45) is 0. The summed E-state index contributed by atoms with van der Waals surface area (Å²) in [5, 5.41) is 0. The van der Waals surface area contributed by atoms with Crippen molar-refractivity contribution in [1.82, 2.24) is 4.90 Å². The van der Waals surface area contributed by atoms with Gasteiger partial charge in [-0.1, -0.05) is 17.7 Å². The molecule has 36 heavy (non-hydrogen) atoms. The van der Waals surface area contributed by atoms with Crippen LogP contribution >= 0.6 is 0 Å². The number of rotatable bonds is 8. The monoisotopic (exact) mass is 511 g/mol. The number of anilines is 2. The van der Waals surface area contributed by atoms with Gasteiger partial charge in [0.25, 0.3) is 10.0 Å². The molecule has 1 saturated heterocycles. The zero-order chi connectivity index (χ0) is 25.7. The van der Waals surface area contributed by atoms with Crippen molar-refractivity contribution in [2.45, 2.75) is 18.7 Å². The van der Waals surface area contributed by atoms with E-state index in [2.05, 4.69) is 4.90 Å². The topological polar surface area (TPSA) is 70.2 Å². The molecule has 0 aromatic heterocycles. The molecule has 3 aromatic rings. The lowest BCUT2D eigenvalue weighted by Gasteiger charge is -2.37. The number of sulfonamides is 1. The second-order valence-corrected chi connectivity index (χ2v) is 10.5. The average molecular weight is 512 g/mol. The lowest BCUT2D eigenvalue weighted by Crippen LogP contribution is -2.52. The maximum Gasteiger partial charge on any atom is 0.264 e.